The van der Waals surface area contributed by atoms with E-state index < -0.39 is 0 Å². The minimum Gasteiger partial charge on any atom is -0.356 e. The Morgan fingerprint density at radius 3 is 2.90 bits per heavy atom. The van der Waals surface area contributed by atoms with Crippen LogP contribution in [-0.4, -0.2) is 28.3 Å². The first kappa shape index (κ1) is 13.2. The molecule has 0 radical (unpaired) electrons. The van der Waals surface area contributed by atoms with Crippen molar-refractivity contribution in [3.63, 3.8) is 0 Å². The van der Waals surface area contributed by atoms with Crippen LogP contribution in [-0.2, 0) is 6.42 Å². The summed E-state index contributed by atoms with van der Waals surface area (Å²) in [5.41, 5.74) is 3.78. The van der Waals surface area contributed by atoms with Gasteiger partial charge in [0.25, 0.3) is 0 Å². The average Bonchev–Trinajstić information content (AvgIpc) is 2.85. The Morgan fingerprint density at radius 1 is 1.30 bits per heavy atom. The Labute approximate surface area is 120 Å². The molecule has 0 aliphatic carbocycles. The van der Waals surface area contributed by atoms with Crippen molar-refractivity contribution in [2.24, 2.45) is 5.92 Å². The van der Waals surface area contributed by atoms with Crippen LogP contribution in [0, 0.1) is 19.8 Å². The van der Waals surface area contributed by atoms with E-state index in [0.717, 1.165) is 25.3 Å². The summed E-state index contributed by atoms with van der Waals surface area (Å²) in [6, 6.07) is 4.28. The van der Waals surface area contributed by atoms with Gasteiger partial charge in [-0.15, -0.1) is 0 Å². The first-order valence-electron chi connectivity index (χ1n) is 7.39. The summed E-state index contributed by atoms with van der Waals surface area (Å²) < 4.78 is 0. The van der Waals surface area contributed by atoms with Gasteiger partial charge >= 0.3 is 0 Å². The van der Waals surface area contributed by atoms with Crippen LogP contribution < -0.4 is 4.90 Å². The summed E-state index contributed by atoms with van der Waals surface area (Å²) >= 11 is 0. The minimum absolute atomic E-state index is 0.686. The second kappa shape index (κ2) is 5.65. The number of aromatic amines is 1. The third-order valence-corrected chi connectivity index (χ3v) is 4.17. The maximum absolute atomic E-state index is 4.56. The number of hydrogen-bond donors (Lipinski definition) is 1. The fraction of sp³-hybridized carbons (Fsp3) is 0.500. The molecule has 2 aromatic rings. The van der Waals surface area contributed by atoms with E-state index in [1.807, 2.05) is 12.4 Å². The topological polar surface area (TPSA) is 44.8 Å². The summed E-state index contributed by atoms with van der Waals surface area (Å²) in [4.78, 5) is 6.97. The van der Waals surface area contributed by atoms with Gasteiger partial charge in [-0.05, 0) is 56.2 Å². The molecule has 2 aromatic heterocycles. The smallest absolute Gasteiger partial charge is 0.128 e. The lowest BCUT2D eigenvalue weighted by Gasteiger charge is -2.33. The van der Waals surface area contributed by atoms with Crippen LogP contribution in [0.15, 0.2) is 24.5 Å². The van der Waals surface area contributed by atoms with Gasteiger partial charge in [0, 0.05) is 25.0 Å². The van der Waals surface area contributed by atoms with Gasteiger partial charge in [-0.2, -0.15) is 5.10 Å². The lowest BCUT2D eigenvalue weighted by atomic mass is 9.92. The van der Waals surface area contributed by atoms with E-state index in [2.05, 4.69) is 46.1 Å². The first-order chi connectivity index (χ1) is 9.72. The third kappa shape index (κ3) is 2.84. The number of anilines is 1. The molecule has 3 rings (SSSR count). The third-order valence-electron chi connectivity index (χ3n) is 4.17. The summed E-state index contributed by atoms with van der Waals surface area (Å²) in [5, 5.41) is 7.25. The number of hydrogen-bond acceptors (Lipinski definition) is 3. The van der Waals surface area contributed by atoms with Crippen LogP contribution in [0.25, 0.3) is 0 Å². The summed E-state index contributed by atoms with van der Waals surface area (Å²) in [6.45, 7) is 6.42. The van der Waals surface area contributed by atoms with Crippen LogP contribution in [0.2, 0.25) is 0 Å². The number of H-pyrrole nitrogens is 1. The zero-order valence-corrected chi connectivity index (χ0v) is 12.3. The molecular weight excluding hydrogens is 248 g/mol. The molecule has 0 unspecified atom stereocenters. The van der Waals surface area contributed by atoms with Gasteiger partial charge in [0.2, 0.25) is 0 Å². The molecule has 0 spiro atoms. The Balaban J connectivity index is 1.67. The quantitative estimate of drug-likeness (QED) is 0.932. The van der Waals surface area contributed by atoms with Crippen molar-refractivity contribution in [3.05, 3.63) is 41.3 Å². The lowest BCUT2D eigenvalue weighted by molar-refractivity contribution is 0.407. The standard InChI is InChI=1S/C16H22N4/c1-12-5-6-16(17-9-12)20-7-3-4-14(11-20)8-15-13(2)10-18-19-15/h5-6,9-10,14H,3-4,7-8,11H2,1-2H3,(H,18,19)/t14-/m0/s1. The number of nitrogens with one attached hydrogen (secondary N) is 1. The van der Waals surface area contributed by atoms with Crippen molar-refractivity contribution in [1.82, 2.24) is 15.2 Å². The van der Waals surface area contributed by atoms with Crippen molar-refractivity contribution in [2.45, 2.75) is 33.1 Å². The van der Waals surface area contributed by atoms with E-state index >= 15 is 0 Å². The maximum atomic E-state index is 4.56. The van der Waals surface area contributed by atoms with Crippen molar-refractivity contribution in [1.29, 1.82) is 0 Å². The number of aryl methyl sites for hydroxylation is 2. The molecule has 3 heterocycles. The van der Waals surface area contributed by atoms with Crippen LogP contribution in [0.3, 0.4) is 0 Å². The number of nitrogens with zero attached hydrogens (tertiary/aromatic N) is 3. The summed E-state index contributed by atoms with van der Waals surface area (Å²) in [6.07, 6.45) is 7.50. The molecule has 0 aromatic carbocycles. The molecule has 106 valence electrons. The zero-order chi connectivity index (χ0) is 13.9. The van der Waals surface area contributed by atoms with Crippen LogP contribution >= 0.6 is 0 Å². The normalized spacial score (nSPS) is 19.3. The van der Waals surface area contributed by atoms with Crippen molar-refractivity contribution >= 4 is 5.82 Å². The fourth-order valence-corrected chi connectivity index (χ4v) is 2.96. The number of aromatic nitrogens is 3. The first-order valence-corrected chi connectivity index (χ1v) is 7.39. The molecule has 1 N–H and O–H groups in total. The highest BCUT2D eigenvalue weighted by Gasteiger charge is 2.22. The molecule has 4 heteroatoms. The SMILES string of the molecule is Cc1ccc(N2CCC[C@@H](Cc3[nH]ncc3C)C2)nc1. The van der Waals surface area contributed by atoms with Gasteiger partial charge < -0.3 is 4.90 Å². The molecule has 0 amide bonds. The predicted molar refractivity (Wildman–Crippen MR) is 80.9 cm³/mol. The van der Waals surface area contributed by atoms with E-state index in [1.54, 1.807) is 0 Å². The van der Waals surface area contributed by atoms with Crippen molar-refractivity contribution < 1.29 is 0 Å². The van der Waals surface area contributed by atoms with Gasteiger partial charge in [0.1, 0.15) is 5.82 Å². The monoisotopic (exact) mass is 270 g/mol. The zero-order valence-electron chi connectivity index (χ0n) is 12.3. The predicted octanol–water partition coefficient (Wildman–Crippen LogP) is 2.88. The molecule has 1 fully saturated rings. The van der Waals surface area contributed by atoms with E-state index in [9.17, 15) is 0 Å². The van der Waals surface area contributed by atoms with Gasteiger partial charge in [-0.3, -0.25) is 5.10 Å². The maximum Gasteiger partial charge on any atom is 0.128 e. The van der Waals surface area contributed by atoms with Crippen LogP contribution in [0.5, 0.6) is 0 Å². The molecule has 1 aliphatic rings. The molecule has 0 saturated carbocycles. The van der Waals surface area contributed by atoms with Crippen molar-refractivity contribution in [2.75, 3.05) is 18.0 Å². The Bertz CT molecular complexity index is 558. The van der Waals surface area contributed by atoms with E-state index in [4.69, 9.17) is 0 Å². The van der Waals surface area contributed by atoms with Gasteiger partial charge in [-0.25, -0.2) is 4.98 Å². The number of pyridine rings is 1. The second-order valence-electron chi connectivity index (χ2n) is 5.88. The fourth-order valence-electron chi connectivity index (χ4n) is 2.96. The minimum atomic E-state index is 0.686. The van der Waals surface area contributed by atoms with Crippen LogP contribution in [0.4, 0.5) is 5.82 Å². The highest BCUT2D eigenvalue weighted by molar-refractivity contribution is 5.39. The summed E-state index contributed by atoms with van der Waals surface area (Å²) in [7, 11) is 0. The molecule has 1 saturated heterocycles. The Kier molecular flexibility index (Phi) is 3.72. The highest BCUT2D eigenvalue weighted by atomic mass is 15.2. The molecule has 1 atom stereocenters. The molecule has 0 bridgehead atoms. The van der Waals surface area contributed by atoms with Gasteiger partial charge in [0.15, 0.2) is 0 Å². The number of rotatable bonds is 3. The van der Waals surface area contributed by atoms with E-state index in [0.29, 0.717) is 5.92 Å². The average molecular weight is 270 g/mol. The molecular formula is C16H22N4. The van der Waals surface area contributed by atoms with E-state index in [-0.39, 0.29) is 0 Å². The summed E-state index contributed by atoms with van der Waals surface area (Å²) in [5.74, 6) is 1.80. The largest absolute Gasteiger partial charge is 0.356 e. The number of piperidine rings is 1. The Morgan fingerprint density at radius 2 is 2.20 bits per heavy atom. The van der Waals surface area contributed by atoms with Gasteiger partial charge in [0.05, 0.1) is 6.20 Å². The molecule has 1 aliphatic heterocycles. The lowest BCUT2D eigenvalue weighted by Crippen LogP contribution is -2.36. The highest BCUT2D eigenvalue weighted by Crippen LogP contribution is 2.24. The Hall–Kier alpha value is -1.84. The second-order valence-corrected chi connectivity index (χ2v) is 5.88. The van der Waals surface area contributed by atoms with Gasteiger partial charge in [-0.1, -0.05) is 6.07 Å². The van der Waals surface area contributed by atoms with E-state index in [1.165, 1.54) is 29.7 Å². The molecule has 20 heavy (non-hydrogen) atoms. The molecule has 4 nitrogen and oxygen atoms in total. The van der Waals surface area contributed by atoms with Crippen LogP contribution in [0.1, 0.15) is 29.7 Å². The van der Waals surface area contributed by atoms with Crippen molar-refractivity contribution in [3.8, 4) is 0 Å².